The maximum absolute atomic E-state index is 12.4. The van der Waals surface area contributed by atoms with Gasteiger partial charge in [-0.05, 0) is 69.2 Å². The number of benzene rings is 2. The fourth-order valence-electron chi connectivity index (χ4n) is 3.59. The Hall–Kier alpha value is -2.70. The molecule has 1 aliphatic carbocycles. The van der Waals surface area contributed by atoms with Gasteiger partial charge in [-0.2, -0.15) is 9.78 Å². The molecule has 3 atom stereocenters. The van der Waals surface area contributed by atoms with Gasteiger partial charge in [-0.3, -0.25) is 9.78 Å². The molecule has 0 heterocycles. The van der Waals surface area contributed by atoms with E-state index in [1.165, 1.54) is 0 Å². The van der Waals surface area contributed by atoms with Gasteiger partial charge in [0, 0.05) is 0 Å². The number of hydrogen-bond acceptors (Lipinski definition) is 6. The first kappa shape index (κ1) is 22.0. The second kappa shape index (κ2) is 9.41. The Balaban J connectivity index is 1.65. The molecule has 3 unspecified atom stereocenters. The van der Waals surface area contributed by atoms with Crippen LogP contribution in [0.5, 0.6) is 0 Å². The number of carbonyl (C=O) groups excluding carboxylic acids is 2. The molecule has 30 heavy (non-hydrogen) atoms. The van der Waals surface area contributed by atoms with Crippen LogP contribution in [-0.4, -0.2) is 23.6 Å². The van der Waals surface area contributed by atoms with Crippen LogP contribution in [0.25, 0.3) is 0 Å². The van der Waals surface area contributed by atoms with Crippen molar-refractivity contribution >= 4 is 11.9 Å². The van der Waals surface area contributed by atoms with E-state index in [2.05, 4.69) is 6.92 Å². The highest BCUT2D eigenvalue weighted by Crippen LogP contribution is 2.37. The zero-order valence-electron chi connectivity index (χ0n) is 17.8. The van der Waals surface area contributed by atoms with Crippen LogP contribution in [0.3, 0.4) is 0 Å². The summed E-state index contributed by atoms with van der Waals surface area (Å²) in [6.07, 6.45) is 1.52. The van der Waals surface area contributed by atoms with Crippen LogP contribution < -0.4 is 0 Å². The topological polar surface area (TPSA) is 71.1 Å². The van der Waals surface area contributed by atoms with Gasteiger partial charge in [-0.1, -0.05) is 43.3 Å². The van der Waals surface area contributed by atoms with Crippen LogP contribution in [0.2, 0.25) is 0 Å². The minimum Gasteiger partial charge on any atom is -0.292 e. The van der Waals surface area contributed by atoms with Crippen molar-refractivity contribution in [3.05, 3.63) is 70.8 Å². The summed E-state index contributed by atoms with van der Waals surface area (Å²) >= 11 is 0. The number of hydrogen-bond donors (Lipinski definition) is 0. The molecule has 0 spiro atoms. The molecular weight excluding hydrogens is 384 g/mol. The molecule has 0 radical (unpaired) electrons. The van der Waals surface area contributed by atoms with Crippen LogP contribution in [0.15, 0.2) is 48.5 Å². The van der Waals surface area contributed by atoms with Gasteiger partial charge in [-0.15, -0.1) is 0 Å². The summed E-state index contributed by atoms with van der Waals surface area (Å²) in [6, 6.07) is 14.3. The van der Waals surface area contributed by atoms with E-state index in [1.54, 1.807) is 31.2 Å². The van der Waals surface area contributed by atoms with Crippen LogP contribution in [0.1, 0.15) is 65.0 Å². The maximum Gasteiger partial charge on any atom is 0.373 e. The summed E-state index contributed by atoms with van der Waals surface area (Å²) in [6.45, 7) is 7.56. The summed E-state index contributed by atoms with van der Waals surface area (Å²) < 4.78 is 0. The Bertz CT molecular complexity index is 908. The van der Waals surface area contributed by atoms with Crippen LogP contribution in [0.4, 0.5) is 0 Å². The van der Waals surface area contributed by atoms with E-state index in [0.29, 0.717) is 29.9 Å². The predicted octanol–water partition coefficient (Wildman–Crippen LogP) is 5.13. The lowest BCUT2D eigenvalue weighted by atomic mass is 9.78. The van der Waals surface area contributed by atoms with Crippen molar-refractivity contribution < 1.29 is 29.1 Å². The average Bonchev–Trinajstić information content (AvgIpc) is 2.73. The lowest BCUT2D eigenvalue weighted by Crippen LogP contribution is -2.48. The molecule has 160 valence electrons. The third kappa shape index (κ3) is 5.07. The van der Waals surface area contributed by atoms with E-state index in [9.17, 15) is 9.59 Å². The first-order chi connectivity index (χ1) is 14.3. The molecule has 0 saturated heterocycles. The smallest absolute Gasteiger partial charge is 0.292 e. The number of aryl methyl sites for hydroxylation is 2. The van der Waals surface area contributed by atoms with Gasteiger partial charge >= 0.3 is 11.9 Å². The highest BCUT2D eigenvalue weighted by molar-refractivity contribution is 5.91. The van der Waals surface area contributed by atoms with Gasteiger partial charge in [-0.25, -0.2) is 9.59 Å². The fraction of sp³-hybridized carbons (Fsp3) is 0.417. The van der Waals surface area contributed by atoms with Crippen LogP contribution in [-0.2, 0) is 19.6 Å². The van der Waals surface area contributed by atoms with E-state index < -0.39 is 23.6 Å². The predicted molar refractivity (Wildman–Crippen MR) is 111 cm³/mol. The van der Waals surface area contributed by atoms with Gasteiger partial charge in [0.25, 0.3) is 0 Å². The van der Waals surface area contributed by atoms with Gasteiger partial charge < -0.3 is 0 Å². The molecule has 0 N–H and O–H groups in total. The van der Waals surface area contributed by atoms with Gasteiger partial charge in [0.05, 0.1) is 11.1 Å². The van der Waals surface area contributed by atoms with E-state index in [0.717, 1.165) is 17.5 Å². The second-order valence-corrected chi connectivity index (χ2v) is 8.23. The van der Waals surface area contributed by atoms with Crippen molar-refractivity contribution in [2.24, 2.45) is 5.92 Å². The molecule has 6 nitrogen and oxygen atoms in total. The normalized spacial score (nSPS) is 23.6. The molecule has 0 aromatic heterocycles. The van der Waals surface area contributed by atoms with E-state index in [-0.39, 0.29) is 0 Å². The van der Waals surface area contributed by atoms with Crippen LogP contribution >= 0.6 is 0 Å². The van der Waals surface area contributed by atoms with Gasteiger partial charge in [0.2, 0.25) is 0 Å². The maximum atomic E-state index is 12.4. The zero-order chi connectivity index (χ0) is 21.7. The van der Waals surface area contributed by atoms with Crippen molar-refractivity contribution in [2.45, 2.75) is 58.7 Å². The third-order valence-corrected chi connectivity index (χ3v) is 5.71. The van der Waals surface area contributed by atoms with Gasteiger partial charge in [0.15, 0.2) is 0 Å². The second-order valence-electron chi connectivity index (χ2n) is 8.23. The fourth-order valence-corrected chi connectivity index (χ4v) is 3.59. The Kier molecular flexibility index (Phi) is 6.90. The molecule has 0 bridgehead atoms. The highest BCUT2D eigenvalue weighted by atomic mass is 17.2. The van der Waals surface area contributed by atoms with E-state index in [1.807, 2.05) is 38.1 Å². The molecule has 1 saturated carbocycles. The summed E-state index contributed by atoms with van der Waals surface area (Å²) in [5.74, 6) is -0.773. The molecule has 2 aromatic carbocycles. The van der Waals surface area contributed by atoms with Crippen molar-refractivity contribution in [3.63, 3.8) is 0 Å². The van der Waals surface area contributed by atoms with Gasteiger partial charge in [0.1, 0.15) is 11.7 Å². The SMILES string of the molecule is Cc1ccccc1C(=O)OOC1CC(C)CCC1(C)OOC(=O)c1ccccc1C. The molecule has 0 amide bonds. The average molecular weight is 412 g/mol. The summed E-state index contributed by atoms with van der Waals surface area (Å²) in [5.41, 5.74) is 1.54. The standard InChI is InChI=1S/C24H28O6/c1-16-13-14-24(4,30-29-23(26)20-12-8-6-10-18(20)3)21(15-16)27-28-22(25)19-11-7-5-9-17(19)2/h5-12,16,21H,13-15H2,1-4H3. The molecule has 0 aliphatic heterocycles. The molecule has 6 heteroatoms. The Labute approximate surface area is 176 Å². The molecular formula is C24H28O6. The minimum absolute atomic E-state index is 0.357. The lowest BCUT2D eigenvalue weighted by Gasteiger charge is -2.39. The largest absolute Gasteiger partial charge is 0.373 e. The van der Waals surface area contributed by atoms with E-state index >= 15 is 0 Å². The monoisotopic (exact) mass is 412 g/mol. The summed E-state index contributed by atoms with van der Waals surface area (Å²) in [4.78, 5) is 46.3. The lowest BCUT2D eigenvalue weighted by molar-refractivity contribution is -0.388. The van der Waals surface area contributed by atoms with Crippen molar-refractivity contribution in [1.29, 1.82) is 0 Å². The molecule has 3 rings (SSSR count). The highest BCUT2D eigenvalue weighted by Gasteiger charge is 2.45. The van der Waals surface area contributed by atoms with Crippen molar-refractivity contribution in [1.82, 2.24) is 0 Å². The van der Waals surface area contributed by atoms with Crippen molar-refractivity contribution in [2.75, 3.05) is 0 Å². The van der Waals surface area contributed by atoms with Crippen molar-refractivity contribution in [3.8, 4) is 0 Å². The zero-order valence-corrected chi connectivity index (χ0v) is 17.8. The molecule has 1 aliphatic rings. The van der Waals surface area contributed by atoms with Crippen LogP contribution in [0, 0.1) is 19.8 Å². The first-order valence-electron chi connectivity index (χ1n) is 10.2. The Morgan fingerprint density at radius 1 is 0.900 bits per heavy atom. The Morgan fingerprint density at radius 2 is 1.43 bits per heavy atom. The molecule has 2 aromatic rings. The first-order valence-corrected chi connectivity index (χ1v) is 10.2. The molecule has 1 fully saturated rings. The number of carbonyl (C=O) groups is 2. The van der Waals surface area contributed by atoms with E-state index in [4.69, 9.17) is 19.6 Å². The minimum atomic E-state index is -0.934. The quantitative estimate of drug-likeness (QED) is 0.484. The summed E-state index contributed by atoms with van der Waals surface area (Å²) in [5, 5.41) is 0. The Morgan fingerprint density at radius 3 is 2.00 bits per heavy atom. The third-order valence-electron chi connectivity index (χ3n) is 5.71. The number of rotatable bonds is 6. The summed E-state index contributed by atoms with van der Waals surface area (Å²) in [7, 11) is 0.